The quantitative estimate of drug-likeness (QED) is 0.707. The largest absolute Gasteiger partial charge is 0.381 e. The lowest BCUT2D eigenvalue weighted by atomic mass is 9.72. The van der Waals surface area contributed by atoms with Crippen molar-refractivity contribution in [2.45, 2.75) is 43.4 Å². The first-order chi connectivity index (χ1) is 15.5. The summed E-state index contributed by atoms with van der Waals surface area (Å²) in [6.07, 6.45) is 3.26. The molecule has 0 spiro atoms. The van der Waals surface area contributed by atoms with Gasteiger partial charge in [0, 0.05) is 50.3 Å². The summed E-state index contributed by atoms with van der Waals surface area (Å²) >= 11 is 0. The molecule has 2 aliphatic heterocycles. The third-order valence-electron chi connectivity index (χ3n) is 7.23. The fourth-order valence-corrected chi connectivity index (χ4v) is 5.18. The van der Waals surface area contributed by atoms with Crippen LogP contribution in [0.2, 0.25) is 0 Å². The Morgan fingerprint density at radius 3 is 2.09 bits per heavy atom. The Balaban J connectivity index is 1.43. The normalized spacial score (nSPS) is 19.8. The smallest absolute Gasteiger partial charge is 0.314 e. The summed E-state index contributed by atoms with van der Waals surface area (Å²) < 4.78 is 25.1. The molecule has 0 saturated carbocycles. The Morgan fingerprint density at radius 2 is 1.47 bits per heavy atom. The minimum absolute atomic E-state index is 0.125. The molecule has 2 saturated heterocycles. The maximum absolute atomic E-state index is 13.9. The summed E-state index contributed by atoms with van der Waals surface area (Å²) in [5.74, 6) is -0.252. The average molecular weight is 441 g/mol. The van der Waals surface area contributed by atoms with Gasteiger partial charge in [-0.25, -0.2) is 9.18 Å². The molecule has 0 bridgehead atoms. The molecule has 6 heteroatoms. The van der Waals surface area contributed by atoms with Gasteiger partial charge in [-0.15, -0.1) is 0 Å². The molecule has 4 rings (SSSR count). The lowest BCUT2D eigenvalue weighted by Gasteiger charge is -2.40. The van der Waals surface area contributed by atoms with Crippen LogP contribution in [0, 0.1) is 12.7 Å². The van der Waals surface area contributed by atoms with E-state index in [4.69, 9.17) is 9.47 Å². The van der Waals surface area contributed by atoms with Crippen molar-refractivity contribution >= 4 is 6.03 Å². The van der Waals surface area contributed by atoms with Crippen molar-refractivity contribution in [3.63, 3.8) is 0 Å². The molecule has 2 amide bonds. The molecule has 32 heavy (non-hydrogen) atoms. The predicted octanol–water partition coefficient (Wildman–Crippen LogP) is 4.23. The Hall–Kier alpha value is -2.44. The summed E-state index contributed by atoms with van der Waals surface area (Å²) in [4.78, 5) is 12.9. The second kappa shape index (κ2) is 10.0. The van der Waals surface area contributed by atoms with Crippen LogP contribution in [0.5, 0.6) is 0 Å². The van der Waals surface area contributed by atoms with E-state index in [0.29, 0.717) is 39.5 Å². The van der Waals surface area contributed by atoms with E-state index in [0.717, 1.165) is 31.2 Å². The van der Waals surface area contributed by atoms with Crippen LogP contribution in [0.15, 0.2) is 48.5 Å². The molecular weight excluding hydrogens is 407 g/mol. The molecule has 2 aliphatic rings. The average Bonchev–Trinajstić information content (AvgIpc) is 2.83. The number of rotatable bonds is 6. The summed E-state index contributed by atoms with van der Waals surface area (Å²) in [6.45, 7) is 5.74. The molecule has 2 heterocycles. The minimum Gasteiger partial charge on any atom is -0.381 e. The van der Waals surface area contributed by atoms with Gasteiger partial charge in [-0.3, -0.25) is 0 Å². The number of hydrogen-bond donors (Lipinski definition) is 2. The summed E-state index contributed by atoms with van der Waals surface area (Å²) in [7, 11) is 0. The number of halogens is 1. The second-order valence-electron chi connectivity index (χ2n) is 9.15. The topological polar surface area (TPSA) is 59.6 Å². The van der Waals surface area contributed by atoms with Gasteiger partial charge in [0.2, 0.25) is 0 Å². The second-order valence-corrected chi connectivity index (χ2v) is 9.15. The third-order valence-corrected chi connectivity index (χ3v) is 7.23. The van der Waals surface area contributed by atoms with Crippen LogP contribution in [0.25, 0.3) is 0 Å². The van der Waals surface area contributed by atoms with E-state index in [2.05, 4.69) is 35.8 Å². The van der Waals surface area contributed by atoms with Crippen LogP contribution < -0.4 is 10.6 Å². The van der Waals surface area contributed by atoms with Crippen molar-refractivity contribution in [1.82, 2.24) is 10.6 Å². The van der Waals surface area contributed by atoms with E-state index in [1.165, 1.54) is 17.2 Å². The Labute approximate surface area is 189 Å². The molecular formula is C26H33FN2O3. The number of urea groups is 1. The molecule has 0 atom stereocenters. The van der Waals surface area contributed by atoms with Crippen LogP contribution in [0.1, 0.15) is 42.4 Å². The number of nitrogens with one attached hydrogen (secondary N) is 2. The van der Waals surface area contributed by atoms with E-state index >= 15 is 0 Å². The first-order valence-electron chi connectivity index (χ1n) is 11.5. The van der Waals surface area contributed by atoms with Gasteiger partial charge >= 0.3 is 6.03 Å². The fourth-order valence-electron chi connectivity index (χ4n) is 5.18. The molecule has 2 aromatic rings. The fraction of sp³-hybridized carbons (Fsp3) is 0.500. The van der Waals surface area contributed by atoms with E-state index in [1.807, 2.05) is 12.1 Å². The van der Waals surface area contributed by atoms with Crippen molar-refractivity contribution in [3.8, 4) is 0 Å². The van der Waals surface area contributed by atoms with Crippen molar-refractivity contribution in [2.24, 2.45) is 0 Å². The zero-order valence-corrected chi connectivity index (χ0v) is 18.8. The number of benzene rings is 2. The molecule has 0 radical (unpaired) electrons. The Kier molecular flexibility index (Phi) is 7.11. The molecule has 172 valence electrons. The van der Waals surface area contributed by atoms with E-state index in [1.54, 1.807) is 12.1 Å². The number of carbonyl (C=O) groups excluding carboxylic acids is 1. The van der Waals surface area contributed by atoms with Gasteiger partial charge in [0.05, 0.1) is 0 Å². The number of amides is 2. The van der Waals surface area contributed by atoms with Crippen LogP contribution >= 0.6 is 0 Å². The first-order valence-corrected chi connectivity index (χ1v) is 11.5. The van der Waals surface area contributed by atoms with Gasteiger partial charge in [-0.2, -0.15) is 0 Å². The van der Waals surface area contributed by atoms with Gasteiger partial charge in [-0.1, -0.05) is 36.4 Å². The third kappa shape index (κ3) is 4.97. The zero-order valence-electron chi connectivity index (χ0n) is 18.8. The molecule has 2 aromatic carbocycles. The monoisotopic (exact) mass is 440 g/mol. The number of hydrogen-bond acceptors (Lipinski definition) is 3. The zero-order chi connectivity index (χ0) is 22.4. The summed E-state index contributed by atoms with van der Waals surface area (Å²) in [5.41, 5.74) is 3.00. The van der Waals surface area contributed by atoms with Crippen LogP contribution in [-0.4, -0.2) is 45.5 Å². The summed E-state index contributed by atoms with van der Waals surface area (Å²) in [5, 5.41) is 6.20. The first kappa shape index (κ1) is 22.7. The van der Waals surface area contributed by atoms with Gasteiger partial charge in [0.1, 0.15) is 5.82 Å². The molecule has 0 aromatic heterocycles. The molecule has 5 nitrogen and oxygen atoms in total. The van der Waals surface area contributed by atoms with Gasteiger partial charge in [0.25, 0.3) is 0 Å². The number of carbonyl (C=O) groups is 1. The van der Waals surface area contributed by atoms with Crippen molar-refractivity contribution in [2.75, 3.05) is 39.5 Å². The Morgan fingerprint density at radius 1 is 0.875 bits per heavy atom. The molecule has 2 fully saturated rings. The highest BCUT2D eigenvalue weighted by atomic mass is 19.1. The Bertz CT molecular complexity index is 921. The maximum atomic E-state index is 13.9. The van der Waals surface area contributed by atoms with Crippen molar-refractivity contribution in [1.29, 1.82) is 0 Å². The molecule has 2 N–H and O–H groups in total. The number of ether oxygens (including phenoxy) is 2. The minimum atomic E-state index is -0.315. The standard InChI is InChI=1S/C26H33FN2O3/c1-20-5-2-3-8-23(20)26(11-15-32-16-12-26)19-29-24(30)28-18-25(9-13-31-14-10-25)21-6-4-7-22(27)17-21/h2-8,17H,9-16,18-19H2,1H3,(H2,28,29,30). The van der Waals surface area contributed by atoms with Crippen LogP contribution in [0.4, 0.5) is 9.18 Å². The van der Waals surface area contributed by atoms with Crippen LogP contribution in [-0.2, 0) is 20.3 Å². The lowest BCUT2D eigenvalue weighted by molar-refractivity contribution is 0.0487. The SMILES string of the molecule is Cc1ccccc1C1(CNC(=O)NCC2(c3cccc(F)c3)CCOCC2)CCOCC1. The lowest BCUT2D eigenvalue weighted by Crippen LogP contribution is -2.51. The van der Waals surface area contributed by atoms with Gasteiger partial charge in [0.15, 0.2) is 0 Å². The highest BCUT2D eigenvalue weighted by molar-refractivity contribution is 5.74. The number of aryl methyl sites for hydroxylation is 1. The maximum Gasteiger partial charge on any atom is 0.314 e. The highest BCUT2D eigenvalue weighted by Crippen LogP contribution is 2.37. The van der Waals surface area contributed by atoms with Crippen molar-refractivity contribution in [3.05, 3.63) is 71.0 Å². The summed E-state index contributed by atoms with van der Waals surface area (Å²) in [6, 6.07) is 14.9. The molecule has 0 aliphatic carbocycles. The van der Waals surface area contributed by atoms with E-state index in [9.17, 15) is 9.18 Å². The highest BCUT2D eigenvalue weighted by Gasteiger charge is 2.37. The van der Waals surface area contributed by atoms with Crippen molar-refractivity contribution < 1.29 is 18.7 Å². The predicted molar refractivity (Wildman–Crippen MR) is 122 cm³/mol. The van der Waals surface area contributed by atoms with Crippen LogP contribution in [0.3, 0.4) is 0 Å². The molecule has 0 unspecified atom stereocenters. The van der Waals surface area contributed by atoms with Gasteiger partial charge < -0.3 is 20.1 Å². The van der Waals surface area contributed by atoms with Gasteiger partial charge in [-0.05, 0) is 61.4 Å². The van der Waals surface area contributed by atoms with E-state index in [-0.39, 0.29) is 22.7 Å². The van der Waals surface area contributed by atoms with E-state index < -0.39 is 0 Å².